The Hall–Kier alpha value is -2.33. The Bertz CT molecular complexity index is 745. The molecule has 0 aliphatic carbocycles. The third-order valence-corrected chi connectivity index (χ3v) is 5.07. The van der Waals surface area contributed by atoms with Crippen LogP contribution >= 0.6 is 11.8 Å². The summed E-state index contributed by atoms with van der Waals surface area (Å²) in [5.74, 6) is -0.137. The molecule has 0 spiro atoms. The number of amides is 1. The number of aliphatic carboxylic acids is 1. The molecule has 3 heterocycles. The number of nitrogens with one attached hydrogen (secondary N) is 1. The predicted octanol–water partition coefficient (Wildman–Crippen LogP) is 0.919. The standard InChI is InChI=1S/C15H19N5O4S/c1-19(2)9-5-11(14(22)23)20(6-9)13(21)12-4-3-10(24-12)7-25-15-16-8-17-18-15/h3-4,8-9,11H,5-7H2,1-2H3,(H,22,23)(H,16,17,18)/t9-,11+/m1/s1. The summed E-state index contributed by atoms with van der Waals surface area (Å²) in [6, 6.07) is 2.48. The number of aromatic amines is 1. The van der Waals surface area contributed by atoms with Crippen LogP contribution < -0.4 is 0 Å². The lowest BCUT2D eigenvalue weighted by Crippen LogP contribution is -2.40. The molecular weight excluding hydrogens is 346 g/mol. The van der Waals surface area contributed by atoms with Crippen LogP contribution in [-0.2, 0) is 10.5 Å². The van der Waals surface area contributed by atoms with Crippen molar-refractivity contribution in [2.75, 3.05) is 20.6 Å². The second kappa shape index (κ2) is 7.28. The van der Waals surface area contributed by atoms with E-state index in [1.807, 2.05) is 19.0 Å². The number of H-pyrrole nitrogens is 1. The molecule has 2 aromatic heterocycles. The van der Waals surface area contributed by atoms with Gasteiger partial charge in [-0.3, -0.25) is 9.89 Å². The first-order valence-electron chi connectivity index (χ1n) is 7.72. The molecule has 2 aromatic rings. The lowest BCUT2D eigenvalue weighted by Gasteiger charge is -2.21. The van der Waals surface area contributed by atoms with Crippen LogP contribution in [0.2, 0.25) is 0 Å². The van der Waals surface area contributed by atoms with Gasteiger partial charge in [0.2, 0.25) is 0 Å². The van der Waals surface area contributed by atoms with Gasteiger partial charge >= 0.3 is 5.97 Å². The SMILES string of the molecule is CN(C)[C@@H]1C[C@@H](C(=O)O)N(C(=O)c2ccc(CSc3ncn[nH]3)o2)C1. The molecular formula is C15H19N5O4S. The number of carboxylic acid groups (broad SMARTS) is 1. The molecule has 25 heavy (non-hydrogen) atoms. The van der Waals surface area contributed by atoms with E-state index in [0.717, 1.165) is 0 Å². The van der Waals surface area contributed by atoms with E-state index in [1.165, 1.54) is 23.0 Å². The molecule has 134 valence electrons. The molecule has 1 saturated heterocycles. The third-order valence-electron chi connectivity index (χ3n) is 4.17. The van der Waals surface area contributed by atoms with Gasteiger partial charge in [-0.25, -0.2) is 9.78 Å². The van der Waals surface area contributed by atoms with Crippen LogP contribution in [0.5, 0.6) is 0 Å². The maximum absolute atomic E-state index is 12.7. The first-order valence-corrected chi connectivity index (χ1v) is 8.71. The summed E-state index contributed by atoms with van der Waals surface area (Å²) in [6.45, 7) is 0.367. The number of thioether (sulfide) groups is 1. The smallest absolute Gasteiger partial charge is 0.326 e. The van der Waals surface area contributed by atoms with Gasteiger partial charge in [0.15, 0.2) is 10.9 Å². The van der Waals surface area contributed by atoms with Crippen LogP contribution in [-0.4, -0.2) is 74.7 Å². The average Bonchev–Trinajstić information content (AvgIpc) is 3.30. The Balaban J connectivity index is 1.68. The number of likely N-dealkylation sites (tertiary alicyclic amines) is 1. The zero-order valence-corrected chi connectivity index (χ0v) is 14.7. The fourth-order valence-corrected chi connectivity index (χ4v) is 3.43. The van der Waals surface area contributed by atoms with Crippen LogP contribution in [0.3, 0.4) is 0 Å². The molecule has 1 aliphatic heterocycles. The first kappa shape index (κ1) is 17.5. The van der Waals surface area contributed by atoms with Crippen LogP contribution in [0.25, 0.3) is 0 Å². The minimum absolute atomic E-state index is 0.0153. The van der Waals surface area contributed by atoms with E-state index in [4.69, 9.17) is 4.42 Å². The molecule has 0 bridgehead atoms. The third kappa shape index (κ3) is 3.85. The predicted molar refractivity (Wildman–Crippen MR) is 89.2 cm³/mol. The van der Waals surface area contributed by atoms with E-state index < -0.39 is 17.9 Å². The van der Waals surface area contributed by atoms with Crippen molar-refractivity contribution in [3.8, 4) is 0 Å². The highest BCUT2D eigenvalue weighted by Gasteiger charge is 2.41. The minimum atomic E-state index is -0.995. The largest absolute Gasteiger partial charge is 0.480 e. The van der Waals surface area contributed by atoms with Gasteiger partial charge in [0.1, 0.15) is 18.1 Å². The van der Waals surface area contributed by atoms with Gasteiger partial charge in [0.05, 0.1) is 5.75 Å². The van der Waals surface area contributed by atoms with E-state index in [1.54, 1.807) is 12.1 Å². The summed E-state index contributed by atoms with van der Waals surface area (Å²) < 4.78 is 5.60. The van der Waals surface area contributed by atoms with Crippen LogP contribution in [0.15, 0.2) is 28.0 Å². The lowest BCUT2D eigenvalue weighted by atomic mass is 10.1. The van der Waals surface area contributed by atoms with Crippen molar-refractivity contribution in [3.05, 3.63) is 30.0 Å². The van der Waals surface area contributed by atoms with Gasteiger partial charge < -0.3 is 19.3 Å². The number of furan rings is 1. The Morgan fingerprint density at radius 3 is 2.92 bits per heavy atom. The van der Waals surface area contributed by atoms with E-state index >= 15 is 0 Å². The molecule has 10 heteroatoms. The Morgan fingerprint density at radius 1 is 1.48 bits per heavy atom. The van der Waals surface area contributed by atoms with Gasteiger partial charge in [-0.2, -0.15) is 5.10 Å². The summed E-state index contributed by atoms with van der Waals surface area (Å²) in [5, 5.41) is 16.6. The van der Waals surface area contributed by atoms with E-state index in [2.05, 4.69) is 15.2 Å². The zero-order valence-electron chi connectivity index (χ0n) is 13.9. The summed E-state index contributed by atoms with van der Waals surface area (Å²) in [5.41, 5.74) is 0. The van der Waals surface area contributed by atoms with Gasteiger partial charge in [-0.05, 0) is 32.6 Å². The molecule has 1 aliphatic rings. The van der Waals surface area contributed by atoms with Gasteiger partial charge in [0, 0.05) is 12.6 Å². The Labute approximate surface area is 148 Å². The quantitative estimate of drug-likeness (QED) is 0.726. The molecule has 1 fully saturated rings. The lowest BCUT2D eigenvalue weighted by molar-refractivity contribution is -0.141. The second-order valence-electron chi connectivity index (χ2n) is 6.01. The molecule has 0 unspecified atom stereocenters. The molecule has 3 rings (SSSR count). The first-order chi connectivity index (χ1) is 12.0. The number of aromatic nitrogens is 3. The number of carbonyl (C=O) groups excluding carboxylic acids is 1. The van der Waals surface area contributed by atoms with Crippen molar-refractivity contribution in [3.63, 3.8) is 0 Å². The summed E-state index contributed by atoms with van der Waals surface area (Å²) in [6.07, 6.45) is 1.82. The van der Waals surface area contributed by atoms with Gasteiger partial charge in [0.25, 0.3) is 5.91 Å². The normalized spacial score (nSPS) is 20.4. The van der Waals surface area contributed by atoms with Gasteiger partial charge in [-0.15, -0.1) is 0 Å². The Kier molecular flexibility index (Phi) is 5.09. The van der Waals surface area contributed by atoms with Crippen LogP contribution in [0.1, 0.15) is 22.7 Å². The van der Waals surface area contributed by atoms with Crippen molar-refractivity contribution < 1.29 is 19.1 Å². The van der Waals surface area contributed by atoms with Crippen molar-refractivity contribution in [2.45, 2.75) is 29.4 Å². The van der Waals surface area contributed by atoms with E-state index in [0.29, 0.717) is 29.6 Å². The fraction of sp³-hybridized carbons (Fsp3) is 0.467. The number of likely N-dealkylation sites (N-methyl/N-ethyl adjacent to an activating group) is 1. The molecule has 2 atom stereocenters. The van der Waals surface area contributed by atoms with Crippen molar-refractivity contribution in [1.82, 2.24) is 25.0 Å². The number of rotatable bonds is 6. The molecule has 0 radical (unpaired) electrons. The summed E-state index contributed by atoms with van der Waals surface area (Å²) >= 11 is 1.40. The maximum Gasteiger partial charge on any atom is 0.326 e. The van der Waals surface area contributed by atoms with Gasteiger partial charge in [-0.1, -0.05) is 11.8 Å². The molecule has 2 N–H and O–H groups in total. The molecule has 0 saturated carbocycles. The summed E-state index contributed by atoms with van der Waals surface area (Å²) in [7, 11) is 3.76. The number of carbonyl (C=O) groups is 2. The maximum atomic E-state index is 12.7. The molecule has 1 amide bonds. The highest BCUT2D eigenvalue weighted by atomic mass is 32.2. The topological polar surface area (TPSA) is 116 Å². The minimum Gasteiger partial charge on any atom is -0.480 e. The van der Waals surface area contributed by atoms with Crippen LogP contribution in [0.4, 0.5) is 0 Å². The van der Waals surface area contributed by atoms with Crippen LogP contribution in [0, 0.1) is 0 Å². The molecule has 9 nitrogen and oxygen atoms in total. The van der Waals surface area contributed by atoms with Crippen molar-refractivity contribution in [1.29, 1.82) is 0 Å². The van der Waals surface area contributed by atoms with Crippen molar-refractivity contribution >= 4 is 23.6 Å². The Morgan fingerprint density at radius 2 is 2.28 bits per heavy atom. The monoisotopic (exact) mass is 365 g/mol. The second-order valence-corrected chi connectivity index (χ2v) is 6.97. The van der Waals surface area contributed by atoms with E-state index in [-0.39, 0.29) is 11.8 Å². The highest BCUT2D eigenvalue weighted by molar-refractivity contribution is 7.98. The fourth-order valence-electron chi connectivity index (χ4n) is 2.76. The van der Waals surface area contributed by atoms with E-state index in [9.17, 15) is 14.7 Å². The highest BCUT2D eigenvalue weighted by Crippen LogP contribution is 2.25. The number of nitrogens with zero attached hydrogens (tertiary/aromatic N) is 4. The summed E-state index contributed by atoms with van der Waals surface area (Å²) in [4.78, 5) is 31.5. The number of hydrogen-bond acceptors (Lipinski definition) is 7. The average molecular weight is 365 g/mol. The zero-order chi connectivity index (χ0) is 18.0. The number of carboxylic acids is 1. The van der Waals surface area contributed by atoms with Crippen molar-refractivity contribution in [2.24, 2.45) is 0 Å². The molecule has 0 aromatic carbocycles. The number of hydrogen-bond donors (Lipinski definition) is 2.